The molecule has 0 bridgehead atoms. The van der Waals surface area contributed by atoms with Gasteiger partial charge in [0.2, 0.25) is 5.79 Å². The van der Waals surface area contributed by atoms with Crippen LogP contribution in [-0.4, -0.2) is 105 Å². The zero-order valence-corrected chi connectivity index (χ0v) is 35.0. The van der Waals surface area contributed by atoms with Crippen molar-refractivity contribution >= 4 is 11.7 Å². The number of carboxylic acid groups (broad SMARTS) is 1. The Kier molecular flexibility index (Phi) is 13.6. The van der Waals surface area contributed by atoms with E-state index in [0.29, 0.717) is 44.9 Å². The molecule has 0 radical (unpaired) electrons. The van der Waals surface area contributed by atoms with Gasteiger partial charge < -0.3 is 44.1 Å². The Hall–Kier alpha value is -1.44. The first-order valence-electron chi connectivity index (χ1n) is 21.2. The Bertz CT molecular complexity index is 1360. The summed E-state index contributed by atoms with van der Waals surface area (Å²) in [6.07, 6.45) is 6.95. The van der Waals surface area contributed by atoms with Gasteiger partial charge in [-0.3, -0.25) is 9.79 Å². The van der Waals surface area contributed by atoms with Gasteiger partial charge in [0.05, 0.1) is 53.7 Å². The number of aliphatic carboxylic acids is 1. The van der Waals surface area contributed by atoms with Crippen molar-refractivity contribution in [1.29, 1.82) is 0 Å². The van der Waals surface area contributed by atoms with Gasteiger partial charge in [-0.05, 0) is 95.6 Å². The van der Waals surface area contributed by atoms with Crippen LogP contribution in [0, 0.1) is 41.4 Å². The topological polar surface area (TPSA) is 156 Å². The first-order chi connectivity index (χ1) is 25.3. The van der Waals surface area contributed by atoms with Gasteiger partial charge in [-0.1, -0.05) is 55.4 Å². The summed E-state index contributed by atoms with van der Waals surface area (Å²) in [6, 6.07) is 0. The number of aliphatic imine (C=N–C) groups is 1. The number of carboxylic acids is 1. The predicted octanol–water partition coefficient (Wildman–Crippen LogP) is 6.69. The summed E-state index contributed by atoms with van der Waals surface area (Å²) in [5.41, 5.74) is -0.700. The summed E-state index contributed by atoms with van der Waals surface area (Å²) in [5, 5.41) is 44.4. The van der Waals surface area contributed by atoms with E-state index in [4.69, 9.17) is 28.7 Å². The molecule has 11 heteroatoms. The molecule has 5 aliphatic rings. The van der Waals surface area contributed by atoms with E-state index in [2.05, 4.69) is 27.7 Å². The third-order valence-corrected chi connectivity index (χ3v) is 14.7. The molecule has 5 aliphatic heterocycles. The number of aliphatic hydroxyl groups excluding tert-OH is 2. The van der Waals surface area contributed by atoms with Crippen LogP contribution in [0.2, 0.25) is 0 Å². The van der Waals surface area contributed by atoms with Crippen LogP contribution in [0.15, 0.2) is 17.1 Å². The molecule has 0 aliphatic carbocycles. The molecule has 11 nitrogen and oxygen atoms in total. The highest BCUT2D eigenvalue weighted by Gasteiger charge is 2.63. The number of aliphatic hydroxyl groups is 3. The smallest absolute Gasteiger partial charge is 0.309 e. The fourth-order valence-corrected chi connectivity index (χ4v) is 10.9. The highest BCUT2D eigenvalue weighted by Crippen LogP contribution is 2.54. The molecule has 0 saturated carbocycles. The molecule has 0 aromatic carbocycles. The molecule has 0 amide bonds. The lowest BCUT2D eigenvalue weighted by atomic mass is 9.72. The molecule has 18 atom stereocenters. The highest BCUT2D eigenvalue weighted by atomic mass is 16.8. The number of carbonyl (C=O) groups is 1. The van der Waals surface area contributed by atoms with Crippen molar-refractivity contribution in [2.75, 3.05) is 7.05 Å². The normalized spacial score (nSPS) is 46.0. The summed E-state index contributed by atoms with van der Waals surface area (Å²) in [5.74, 6) is -4.24. The van der Waals surface area contributed by atoms with Gasteiger partial charge in [0.25, 0.3) is 0 Å². The molecule has 0 aromatic heterocycles. The fourth-order valence-electron chi connectivity index (χ4n) is 10.9. The third-order valence-electron chi connectivity index (χ3n) is 14.7. The third kappa shape index (κ3) is 8.00. The second kappa shape index (κ2) is 16.8. The van der Waals surface area contributed by atoms with Crippen LogP contribution in [0.5, 0.6) is 0 Å². The van der Waals surface area contributed by atoms with Crippen LogP contribution >= 0.6 is 0 Å². The summed E-state index contributed by atoms with van der Waals surface area (Å²) in [4.78, 5) is 16.8. The van der Waals surface area contributed by atoms with Crippen LogP contribution in [0.25, 0.3) is 0 Å². The molecule has 5 heterocycles. The van der Waals surface area contributed by atoms with E-state index in [1.807, 2.05) is 47.6 Å². The van der Waals surface area contributed by atoms with Crippen LogP contribution in [-0.2, 0) is 28.5 Å². The fraction of sp³-hybridized carbons (Fsp3) is 0.907. The Morgan fingerprint density at radius 1 is 0.926 bits per heavy atom. The van der Waals surface area contributed by atoms with Crippen LogP contribution in [0.1, 0.15) is 133 Å². The average molecular weight is 764 g/mol. The van der Waals surface area contributed by atoms with Gasteiger partial charge in [-0.2, -0.15) is 0 Å². The maximum atomic E-state index is 12.0. The molecule has 4 N–H and O–H groups in total. The van der Waals surface area contributed by atoms with Crippen molar-refractivity contribution in [2.24, 2.45) is 46.4 Å². The molecule has 310 valence electrons. The Morgan fingerprint density at radius 3 is 2.20 bits per heavy atom. The second-order valence-electron chi connectivity index (χ2n) is 18.2. The molecule has 4 fully saturated rings. The lowest BCUT2D eigenvalue weighted by Gasteiger charge is -2.54. The summed E-state index contributed by atoms with van der Waals surface area (Å²) < 4.78 is 34.0. The van der Waals surface area contributed by atoms with Gasteiger partial charge in [-0.25, -0.2) is 0 Å². The monoisotopic (exact) mass is 764 g/mol. The molecule has 5 rings (SSSR count). The Balaban J connectivity index is 1.34. The lowest BCUT2D eigenvalue weighted by Crippen LogP contribution is -2.63. The molecule has 2 spiro atoms. The van der Waals surface area contributed by atoms with Crippen molar-refractivity contribution in [2.45, 2.75) is 199 Å². The van der Waals surface area contributed by atoms with E-state index in [1.165, 1.54) is 0 Å². The average Bonchev–Trinajstić information content (AvgIpc) is 3.48. The first-order valence-corrected chi connectivity index (χ1v) is 21.2. The van der Waals surface area contributed by atoms with Gasteiger partial charge >= 0.3 is 5.97 Å². The number of rotatable bonds is 12. The van der Waals surface area contributed by atoms with Gasteiger partial charge in [-0.15, -0.1) is 0 Å². The second-order valence-corrected chi connectivity index (χ2v) is 18.2. The van der Waals surface area contributed by atoms with Crippen LogP contribution in [0.4, 0.5) is 0 Å². The van der Waals surface area contributed by atoms with Gasteiger partial charge in [0.1, 0.15) is 6.10 Å². The van der Waals surface area contributed by atoms with E-state index < -0.39 is 46.9 Å². The van der Waals surface area contributed by atoms with E-state index >= 15 is 0 Å². The minimum absolute atomic E-state index is 0.0384. The molecule has 0 aromatic rings. The molecule has 0 unspecified atom stereocenters. The van der Waals surface area contributed by atoms with Crippen LogP contribution in [0.3, 0.4) is 0 Å². The number of ether oxygens (including phenoxy) is 5. The summed E-state index contributed by atoms with van der Waals surface area (Å²) in [6.45, 7) is 20.5. The quantitative estimate of drug-likeness (QED) is 0.125. The van der Waals surface area contributed by atoms with E-state index in [1.54, 1.807) is 13.1 Å². The van der Waals surface area contributed by atoms with E-state index in [9.17, 15) is 25.2 Å². The minimum Gasteiger partial charge on any atom is -0.481 e. The predicted molar refractivity (Wildman–Crippen MR) is 207 cm³/mol. The van der Waals surface area contributed by atoms with E-state index in [0.717, 1.165) is 25.0 Å². The SMILES string of the molecule is CC[C@@H](C(=NC)[C@@H](C)[C@@H](O)[C@H](C)[C@@H]1O[C@@H]([C@@H](CC)C(=O)O)CC[C@@H]1C)[C@H]1O[C@]2(C=C[C@@H](O)[C@]3(CC[C@@](C)([C@H]4CC[C@](O)(CC)[C@H](C)O4)O3)O2)[C@H](C)C[C@@H]1C. The maximum Gasteiger partial charge on any atom is 0.309 e. The largest absolute Gasteiger partial charge is 0.481 e. The maximum absolute atomic E-state index is 12.0. The van der Waals surface area contributed by atoms with Gasteiger partial charge in [0, 0.05) is 42.9 Å². The van der Waals surface area contributed by atoms with Crippen LogP contribution < -0.4 is 0 Å². The minimum atomic E-state index is -1.32. The zero-order chi connectivity index (χ0) is 40.0. The molecule has 54 heavy (non-hydrogen) atoms. The number of hydrogen-bond donors (Lipinski definition) is 4. The molecular formula is C43H73NO10. The Morgan fingerprint density at radius 2 is 1.61 bits per heavy atom. The summed E-state index contributed by atoms with van der Waals surface area (Å²) >= 11 is 0. The van der Waals surface area contributed by atoms with Crippen molar-refractivity contribution in [1.82, 2.24) is 0 Å². The standard InChI is InChI=1S/C43H73NO10/c1-12-30(39(47)48)32-16-15-24(4)37(51-32)28(8)36(46)27(7)35(44-11)31(13-2)38-25(5)23-26(6)42(52-38)20-17-33(45)43(54-42)22-21-40(10,53-43)34-18-19-41(49,14-3)29(9)50-34/h17,20,24-34,36-38,45-46,49H,12-16,18-19,21-23H2,1-11H3,(H,47,48)/t24-,25-,26+,27+,28-,29-,30+,31-,32+,33+,34+,36+,37+,38-,40-,41+,42-,43-/m0/s1. The lowest BCUT2D eigenvalue weighted by molar-refractivity contribution is -0.408. The van der Waals surface area contributed by atoms with Gasteiger partial charge in [0.15, 0.2) is 5.79 Å². The van der Waals surface area contributed by atoms with Crippen molar-refractivity contribution in [3.8, 4) is 0 Å². The number of nitrogens with zero attached hydrogens (tertiary/aromatic N) is 1. The molecular weight excluding hydrogens is 690 g/mol. The molecule has 4 saturated heterocycles. The summed E-state index contributed by atoms with van der Waals surface area (Å²) in [7, 11) is 1.79. The number of hydrogen-bond acceptors (Lipinski definition) is 10. The Labute approximate surface area is 324 Å². The van der Waals surface area contributed by atoms with E-state index in [-0.39, 0.29) is 66.0 Å². The van der Waals surface area contributed by atoms with Crippen molar-refractivity contribution in [3.63, 3.8) is 0 Å². The van der Waals surface area contributed by atoms with Crippen molar-refractivity contribution in [3.05, 3.63) is 12.2 Å². The van der Waals surface area contributed by atoms with Crippen molar-refractivity contribution < 1.29 is 48.9 Å². The highest BCUT2D eigenvalue weighted by molar-refractivity contribution is 5.89. The zero-order valence-electron chi connectivity index (χ0n) is 35.0. The first kappa shape index (κ1) is 43.7.